The second-order valence-electron chi connectivity index (χ2n) is 4.51. The molecule has 0 radical (unpaired) electrons. The van der Waals surface area contributed by atoms with Crippen LogP contribution in [0.3, 0.4) is 0 Å². The lowest BCUT2D eigenvalue weighted by molar-refractivity contribution is -0.422. The third kappa shape index (κ3) is 5.01. The van der Waals surface area contributed by atoms with Gasteiger partial charge in [-0.3, -0.25) is 10.1 Å². The molecule has 0 aliphatic heterocycles. The third-order valence-electron chi connectivity index (χ3n) is 3.00. The summed E-state index contributed by atoms with van der Waals surface area (Å²) in [7, 11) is 4.63. The molecular formula is C15H21NO6. The second-order valence-corrected chi connectivity index (χ2v) is 4.51. The Bertz CT molecular complexity index is 541. The summed E-state index contributed by atoms with van der Waals surface area (Å²) in [5, 5.41) is 10.8. The largest absolute Gasteiger partial charge is 0.496 e. The highest BCUT2D eigenvalue weighted by atomic mass is 16.7. The Labute approximate surface area is 129 Å². The van der Waals surface area contributed by atoms with Crippen molar-refractivity contribution in [3.8, 4) is 11.5 Å². The molecular weight excluding hydrogens is 290 g/mol. The predicted molar refractivity (Wildman–Crippen MR) is 81.7 cm³/mol. The molecule has 122 valence electrons. The number of benzene rings is 1. The van der Waals surface area contributed by atoms with Gasteiger partial charge in [-0.1, -0.05) is 0 Å². The van der Waals surface area contributed by atoms with Crippen LogP contribution in [0, 0.1) is 10.1 Å². The molecule has 7 nitrogen and oxygen atoms in total. The van der Waals surface area contributed by atoms with Crippen molar-refractivity contribution >= 4 is 6.08 Å². The maximum atomic E-state index is 10.8. The van der Waals surface area contributed by atoms with Crippen LogP contribution in [-0.4, -0.2) is 39.7 Å². The van der Waals surface area contributed by atoms with E-state index in [1.54, 1.807) is 26.4 Å². The fourth-order valence-electron chi connectivity index (χ4n) is 1.89. The van der Waals surface area contributed by atoms with Gasteiger partial charge in [0.05, 0.1) is 25.7 Å². The highest BCUT2D eigenvalue weighted by molar-refractivity contribution is 5.62. The molecule has 0 bridgehead atoms. The van der Waals surface area contributed by atoms with Crippen molar-refractivity contribution in [2.24, 2.45) is 0 Å². The van der Waals surface area contributed by atoms with Crippen molar-refractivity contribution in [2.75, 3.05) is 34.7 Å². The monoisotopic (exact) mass is 311 g/mol. The van der Waals surface area contributed by atoms with E-state index in [2.05, 4.69) is 0 Å². The van der Waals surface area contributed by atoms with Crippen LogP contribution in [0.4, 0.5) is 0 Å². The smallest absolute Gasteiger partial charge is 0.243 e. The summed E-state index contributed by atoms with van der Waals surface area (Å²) in [6.45, 7) is 2.12. The minimum absolute atomic E-state index is 0.0246. The molecule has 0 atom stereocenters. The lowest BCUT2D eigenvalue weighted by atomic mass is 10.1. The standard InChI is InChI=1S/C15H21NO6/c1-11(16(17)18)7-13-9-14(20-3)12(8-15(13)21-4)5-6-22-10-19-2/h7-9H,5-6,10H2,1-4H3/b11-7+. The number of hydrogen-bond acceptors (Lipinski definition) is 6. The van der Waals surface area contributed by atoms with Gasteiger partial charge in [-0.15, -0.1) is 0 Å². The van der Waals surface area contributed by atoms with Gasteiger partial charge in [0.15, 0.2) is 0 Å². The van der Waals surface area contributed by atoms with E-state index in [1.165, 1.54) is 20.1 Å². The van der Waals surface area contributed by atoms with E-state index in [-0.39, 0.29) is 12.5 Å². The quantitative estimate of drug-likeness (QED) is 0.302. The summed E-state index contributed by atoms with van der Waals surface area (Å²) < 4.78 is 20.7. The normalized spacial score (nSPS) is 11.4. The Kier molecular flexibility index (Phi) is 7.34. The van der Waals surface area contributed by atoms with Gasteiger partial charge in [0.25, 0.3) is 0 Å². The summed E-state index contributed by atoms with van der Waals surface area (Å²) in [6.07, 6.45) is 2.06. The van der Waals surface area contributed by atoms with E-state index in [1.807, 2.05) is 0 Å². The molecule has 0 unspecified atom stereocenters. The van der Waals surface area contributed by atoms with E-state index in [9.17, 15) is 10.1 Å². The Morgan fingerprint density at radius 3 is 2.45 bits per heavy atom. The summed E-state index contributed by atoms with van der Waals surface area (Å²) in [5.41, 5.74) is 1.51. The highest BCUT2D eigenvalue weighted by Crippen LogP contribution is 2.31. The van der Waals surface area contributed by atoms with Crippen LogP contribution in [0.2, 0.25) is 0 Å². The van der Waals surface area contributed by atoms with Gasteiger partial charge < -0.3 is 18.9 Å². The van der Waals surface area contributed by atoms with Crippen LogP contribution < -0.4 is 9.47 Å². The molecule has 0 aliphatic rings. The van der Waals surface area contributed by atoms with Crippen LogP contribution in [0.15, 0.2) is 17.8 Å². The van der Waals surface area contributed by atoms with Crippen LogP contribution >= 0.6 is 0 Å². The minimum atomic E-state index is -0.446. The van der Waals surface area contributed by atoms with Gasteiger partial charge in [0, 0.05) is 31.2 Å². The number of allylic oxidation sites excluding steroid dienone is 1. The third-order valence-corrected chi connectivity index (χ3v) is 3.00. The lowest BCUT2D eigenvalue weighted by Crippen LogP contribution is -2.04. The zero-order chi connectivity index (χ0) is 16.5. The number of nitrogens with zero attached hydrogens (tertiary/aromatic N) is 1. The van der Waals surface area contributed by atoms with E-state index >= 15 is 0 Å². The SMILES string of the molecule is COCOCCc1cc(OC)c(/C=C(\C)[N+](=O)[O-])cc1OC. The molecule has 7 heteroatoms. The van der Waals surface area contributed by atoms with Gasteiger partial charge in [0.2, 0.25) is 5.70 Å². The van der Waals surface area contributed by atoms with Crippen molar-refractivity contribution < 1.29 is 23.9 Å². The summed E-state index contributed by atoms with van der Waals surface area (Å²) in [5.74, 6) is 1.17. The van der Waals surface area contributed by atoms with Gasteiger partial charge in [-0.2, -0.15) is 0 Å². The molecule has 0 saturated carbocycles. The maximum Gasteiger partial charge on any atom is 0.243 e. The van der Waals surface area contributed by atoms with Crippen molar-refractivity contribution in [2.45, 2.75) is 13.3 Å². The van der Waals surface area contributed by atoms with Crippen molar-refractivity contribution in [1.82, 2.24) is 0 Å². The number of methoxy groups -OCH3 is 3. The number of ether oxygens (including phenoxy) is 4. The molecule has 0 amide bonds. The molecule has 1 rings (SSSR count). The summed E-state index contributed by atoms with van der Waals surface area (Å²) in [4.78, 5) is 10.3. The van der Waals surface area contributed by atoms with E-state index in [0.29, 0.717) is 30.1 Å². The first-order valence-corrected chi connectivity index (χ1v) is 6.67. The predicted octanol–water partition coefficient (Wildman–Crippen LogP) is 2.50. The first-order valence-electron chi connectivity index (χ1n) is 6.67. The Hall–Kier alpha value is -2.12. The minimum Gasteiger partial charge on any atom is -0.496 e. The highest BCUT2D eigenvalue weighted by Gasteiger charge is 2.12. The van der Waals surface area contributed by atoms with Crippen LogP contribution in [0.1, 0.15) is 18.1 Å². The van der Waals surface area contributed by atoms with Gasteiger partial charge in [-0.25, -0.2) is 0 Å². The zero-order valence-electron chi connectivity index (χ0n) is 13.3. The summed E-state index contributed by atoms with van der Waals surface area (Å²) >= 11 is 0. The fraction of sp³-hybridized carbons (Fsp3) is 0.467. The van der Waals surface area contributed by atoms with Crippen molar-refractivity contribution in [1.29, 1.82) is 0 Å². The Morgan fingerprint density at radius 1 is 1.23 bits per heavy atom. The molecule has 0 spiro atoms. The molecule has 0 aromatic heterocycles. The average molecular weight is 311 g/mol. The summed E-state index contributed by atoms with van der Waals surface area (Å²) in [6, 6.07) is 3.52. The average Bonchev–Trinajstić information content (AvgIpc) is 2.51. The van der Waals surface area contributed by atoms with Crippen molar-refractivity contribution in [3.63, 3.8) is 0 Å². The zero-order valence-corrected chi connectivity index (χ0v) is 13.3. The first kappa shape index (κ1) is 17.9. The maximum absolute atomic E-state index is 10.8. The van der Waals surface area contributed by atoms with Gasteiger partial charge in [-0.05, 0) is 18.6 Å². The molecule has 0 saturated heterocycles. The Balaban J connectivity index is 3.06. The van der Waals surface area contributed by atoms with Gasteiger partial charge in [0.1, 0.15) is 18.3 Å². The molecule has 0 heterocycles. The van der Waals surface area contributed by atoms with Crippen LogP contribution in [0.25, 0.3) is 6.08 Å². The second kappa shape index (κ2) is 9.01. The molecule has 0 aliphatic carbocycles. The Morgan fingerprint density at radius 2 is 1.91 bits per heavy atom. The van der Waals surface area contributed by atoms with E-state index < -0.39 is 4.92 Å². The molecule has 22 heavy (non-hydrogen) atoms. The van der Waals surface area contributed by atoms with Gasteiger partial charge >= 0.3 is 0 Å². The lowest BCUT2D eigenvalue weighted by Gasteiger charge is -2.13. The number of hydrogen-bond donors (Lipinski definition) is 0. The van der Waals surface area contributed by atoms with Crippen LogP contribution in [0.5, 0.6) is 11.5 Å². The number of nitro groups is 1. The van der Waals surface area contributed by atoms with E-state index in [4.69, 9.17) is 18.9 Å². The molecule has 1 aromatic rings. The van der Waals surface area contributed by atoms with Crippen LogP contribution in [-0.2, 0) is 15.9 Å². The fourth-order valence-corrected chi connectivity index (χ4v) is 1.89. The molecule has 0 N–H and O–H groups in total. The van der Waals surface area contributed by atoms with Crippen molar-refractivity contribution in [3.05, 3.63) is 39.1 Å². The first-order chi connectivity index (χ1) is 10.5. The van der Waals surface area contributed by atoms with E-state index in [0.717, 1.165) is 5.56 Å². The topological polar surface area (TPSA) is 80.1 Å². The number of rotatable bonds is 9. The molecule has 0 fully saturated rings. The molecule has 1 aromatic carbocycles.